The minimum atomic E-state index is -0.207. The Morgan fingerprint density at radius 2 is 1.72 bits per heavy atom. The Hall–Kier alpha value is -4.78. The molecule has 3 heterocycles. The smallest absolute Gasteiger partial charge is 0.256 e. The second-order valence-electron chi connectivity index (χ2n) is 8.89. The van der Waals surface area contributed by atoms with Crippen LogP contribution in [0.1, 0.15) is 21.6 Å². The highest BCUT2D eigenvalue weighted by molar-refractivity contribution is 6.13. The quantitative estimate of drug-likeness (QED) is 0.355. The number of para-hydroxylation sites is 1. The van der Waals surface area contributed by atoms with Crippen molar-refractivity contribution in [2.45, 2.75) is 13.5 Å². The predicted octanol–water partition coefficient (Wildman–Crippen LogP) is 5.59. The Kier molecular flexibility index (Phi) is 5.30. The van der Waals surface area contributed by atoms with Gasteiger partial charge in [0, 0.05) is 30.4 Å². The molecule has 0 saturated carbocycles. The van der Waals surface area contributed by atoms with Crippen molar-refractivity contribution >= 4 is 33.3 Å². The first-order valence-electron chi connectivity index (χ1n) is 11.8. The zero-order valence-electron chi connectivity index (χ0n) is 20.0. The molecule has 36 heavy (non-hydrogen) atoms. The molecule has 0 spiro atoms. The molecule has 0 aliphatic rings. The van der Waals surface area contributed by atoms with Gasteiger partial charge >= 0.3 is 0 Å². The minimum absolute atomic E-state index is 0.207. The molecular formula is C29H24N6O. The second-order valence-corrected chi connectivity index (χ2v) is 8.89. The van der Waals surface area contributed by atoms with Crippen molar-refractivity contribution in [2.24, 2.45) is 7.05 Å². The van der Waals surface area contributed by atoms with Crippen LogP contribution in [0.5, 0.6) is 0 Å². The summed E-state index contributed by atoms with van der Waals surface area (Å²) in [6, 6.07) is 24.1. The molecule has 0 aliphatic carbocycles. The maximum absolute atomic E-state index is 13.4. The van der Waals surface area contributed by atoms with Crippen LogP contribution < -0.4 is 5.32 Å². The van der Waals surface area contributed by atoms with Crippen molar-refractivity contribution in [3.63, 3.8) is 0 Å². The average Bonchev–Trinajstić information content (AvgIpc) is 3.48. The number of aryl methyl sites for hydroxylation is 2. The van der Waals surface area contributed by atoms with Crippen LogP contribution in [-0.2, 0) is 13.6 Å². The molecule has 6 rings (SSSR count). The van der Waals surface area contributed by atoms with E-state index in [1.807, 2.05) is 73.5 Å². The molecule has 6 aromatic rings. The zero-order chi connectivity index (χ0) is 24.6. The van der Waals surface area contributed by atoms with Crippen LogP contribution in [0.2, 0.25) is 0 Å². The van der Waals surface area contributed by atoms with Crippen LogP contribution in [0, 0.1) is 6.92 Å². The lowest BCUT2D eigenvalue weighted by Gasteiger charge is -2.09. The second kappa shape index (κ2) is 8.78. The van der Waals surface area contributed by atoms with Gasteiger partial charge in [0.05, 0.1) is 40.9 Å². The fourth-order valence-corrected chi connectivity index (χ4v) is 4.67. The van der Waals surface area contributed by atoms with Crippen LogP contribution in [0.15, 0.2) is 91.4 Å². The molecule has 1 N–H and O–H groups in total. The number of pyridine rings is 1. The number of fused-ring (bicyclic) bond motifs is 2. The molecule has 3 aromatic carbocycles. The number of aromatic nitrogens is 5. The van der Waals surface area contributed by atoms with E-state index in [-0.39, 0.29) is 5.91 Å². The summed E-state index contributed by atoms with van der Waals surface area (Å²) in [7, 11) is 1.88. The Morgan fingerprint density at radius 3 is 2.56 bits per heavy atom. The summed E-state index contributed by atoms with van der Waals surface area (Å²) in [5.74, 6) is -0.207. The van der Waals surface area contributed by atoms with Crippen LogP contribution in [0.3, 0.4) is 0 Å². The van der Waals surface area contributed by atoms with E-state index in [0.717, 1.165) is 27.9 Å². The fourth-order valence-electron chi connectivity index (χ4n) is 4.67. The van der Waals surface area contributed by atoms with Gasteiger partial charge < -0.3 is 5.32 Å². The van der Waals surface area contributed by atoms with E-state index >= 15 is 0 Å². The maximum atomic E-state index is 13.4. The van der Waals surface area contributed by atoms with Crippen molar-refractivity contribution in [2.75, 3.05) is 5.32 Å². The standard InChI is InChI=1S/C29H24N6O/c1-19-26(18-34(2)33-19)28-14-25(24-12-5-6-13-27(24)32-28)29(36)31-22-15-30-35(17-22)16-21-10-7-9-20-8-3-4-11-23(20)21/h3-15,17-18H,16H2,1-2H3,(H,31,36). The summed E-state index contributed by atoms with van der Waals surface area (Å²) < 4.78 is 3.60. The van der Waals surface area contributed by atoms with Gasteiger partial charge in [-0.2, -0.15) is 10.2 Å². The summed E-state index contributed by atoms with van der Waals surface area (Å²) in [6.07, 6.45) is 5.46. The number of nitrogens with one attached hydrogen (secondary N) is 1. The molecule has 0 bridgehead atoms. The number of carbonyl (C=O) groups excluding carboxylic acids is 1. The minimum Gasteiger partial charge on any atom is -0.319 e. The highest BCUT2D eigenvalue weighted by Gasteiger charge is 2.17. The van der Waals surface area contributed by atoms with Gasteiger partial charge in [0.15, 0.2) is 0 Å². The lowest BCUT2D eigenvalue weighted by molar-refractivity contribution is 0.102. The first-order chi connectivity index (χ1) is 17.5. The number of nitrogens with zero attached hydrogens (tertiary/aromatic N) is 5. The van der Waals surface area contributed by atoms with E-state index in [2.05, 4.69) is 45.8 Å². The van der Waals surface area contributed by atoms with Gasteiger partial charge in [0.25, 0.3) is 5.91 Å². The van der Waals surface area contributed by atoms with Crippen molar-refractivity contribution in [3.8, 4) is 11.3 Å². The molecule has 0 aliphatic heterocycles. The van der Waals surface area contributed by atoms with Gasteiger partial charge in [0.1, 0.15) is 0 Å². The van der Waals surface area contributed by atoms with Crippen LogP contribution in [-0.4, -0.2) is 30.5 Å². The molecule has 0 atom stereocenters. The summed E-state index contributed by atoms with van der Waals surface area (Å²) >= 11 is 0. The number of hydrogen-bond acceptors (Lipinski definition) is 4. The van der Waals surface area contributed by atoms with Gasteiger partial charge in [-0.25, -0.2) is 4.98 Å². The molecular weight excluding hydrogens is 448 g/mol. The molecule has 0 radical (unpaired) electrons. The van der Waals surface area contributed by atoms with E-state index in [1.165, 1.54) is 16.3 Å². The largest absolute Gasteiger partial charge is 0.319 e. The third-order valence-electron chi connectivity index (χ3n) is 6.35. The van der Waals surface area contributed by atoms with Crippen molar-refractivity contribution in [3.05, 3.63) is 108 Å². The Morgan fingerprint density at radius 1 is 0.944 bits per heavy atom. The average molecular weight is 473 g/mol. The van der Waals surface area contributed by atoms with Gasteiger partial charge in [-0.3, -0.25) is 14.2 Å². The van der Waals surface area contributed by atoms with Crippen molar-refractivity contribution in [1.29, 1.82) is 0 Å². The van der Waals surface area contributed by atoms with Crippen LogP contribution in [0.25, 0.3) is 32.9 Å². The number of hydrogen-bond donors (Lipinski definition) is 1. The van der Waals surface area contributed by atoms with E-state index in [0.29, 0.717) is 17.8 Å². The molecule has 0 fully saturated rings. The molecule has 176 valence electrons. The molecule has 0 saturated heterocycles. The summed E-state index contributed by atoms with van der Waals surface area (Å²) in [5, 5.41) is 15.1. The van der Waals surface area contributed by atoms with Gasteiger partial charge in [-0.15, -0.1) is 0 Å². The van der Waals surface area contributed by atoms with Gasteiger partial charge in [-0.1, -0.05) is 60.7 Å². The Bertz CT molecular complexity index is 1740. The van der Waals surface area contributed by atoms with E-state index in [1.54, 1.807) is 10.9 Å². The topological polar surface area (TPSA) is 77.6 Å². The predicted molar refractivity (Wildman–Crippen MR) is 142 cm³/mol. The highest BCUT2D eigenvalue weighted by Crippen LogP contribution is 2.27. The molecule has 7 heteroatoms. The van der Waals surface area contributed by atoms with Crippen LogP contribution in [0.4, 0.5) is 5.69 Å². The van der Waals surface area contributed by atoms with E-state index < -0.39 is 0 Å². The fraction of sp³-hybridized carbons (Fsp3) is 0.103. The van der Waals surface area contributed by atoms with E-state index in [4.69, 9.17) is 4.98 Å². The third-order valence-corrected chi connectivity index (χ3v) is 6.35. The molecule has 7 nitrogen and oxygen atoms in total. The lowest BCUT2D eigenvalue weighted by Crippen LogP contribution is -2.13. The van der Waals surface area contributed by atoms with Crippen LogP contribution >= 0.6 is 0 Å². The lowest BCUT2D eigenvalue weighted by atomic mass is 10.0. The SMILES string of the molecule is Cc1nn(C)cc1-c1cc(C(=O)Nc2cnn(Cc3cccc4ccccc34)c2)c2ccccc2n1. The Balaban J connectivity index is 1.30. The molecule has 3 aromatic heterocycles. The number of carbonyl (C=O) groups is 1. The summed E-state index contributed by atoms with van der Waals surface area (Å²) in [4.78, 5) is 18.2. The summed E-state index contributed by atoms with van der Waals surface area (Å²) in [6.45, 7) is 2.55. The number of rotatable bonds is 5. The van der Waals surface area contributed by atoms with Gasteiger partial charge in [0.2, 0.25) is 0 Å². The Labute approximate surface area is 208 Å². The monoisotopic (exact) mass is 472 g/mol. The van der Waals surface area contributed by atoms with E-state index in [9.17, 15) is 4.79 Å². The highest BCUT2D eigenvalue weighted by atomic mass is 16.1. The number of amides is 1. The first-order valence-corrected chi connectivity index (χ1v) is 11.8. The zero-order valence-corrected chi connectivity index (χ0v) is 20.0. The first kappa shape index (κ1) is 21.7. The third kappa shape index (κ3) is 4.01. The normalized spacial score (nSPS) is 11.3. The number of benzene rings is 3. The van der Waals surface area contributed by atoms with Crippen molar-refractivity contribution < 1.29 is 4.79 Å². The van der Waals surface area contributed by atoms with Crippen molar-refractivity contribution in [1.82, 2.24) is 24.5 Å². The number of anilines is 1. The summed E-state index contributed by atoms with van der Waals surface area (Å²) in [5.41, 5.74) is 5.61. The van der Waals surface area contributed by atoms with Gasteiger partial charge in [-0.05, 0) is 35.4 Å². The molecule has 0 unspecified atom stereocenters. The maximum Gasteiger partial charge on any atom is 0.256 e. The molecule has 1 amide bonds.